The predicted molar refractivity (Wildman–Crippen MR) is 304 cm³/mol. The summed E-state index contributed by atoms with van der Waals surface area (Å²) >= 11 is 17.7. The normalized spacial score (nSPS) is 10.5. The first-order valence-corrected chi connectivity index (χ1v) is 24.1. The third kappa shape index (κ3) is 13.4. The predicted octanol–water partition coefficient (Wildman–Crippen LogP) is 20.7. The molecule has 9 aromatic carbocycles. The summed E-state index contributed by atoms with van der Waals surface area (Å²) in [5.74, 6) is 0. The quantitative estimate of drug-likeness (QED) is 0.150. The van der Waals surface area contributed by atoms with E-state index in [1.54, 1.807) is 0 Å². The summed E-state index contributed by atoms with van der Waals surface area (Å²) in [4.78, 5) is 4.64. The number of aryl methyl sites for hydroxylation is 9. The zero-order chi connectivity index (χ0) is 48.5. The minimum atomic E-state index is 0. The fourth-order valence-corrected chi connectivity index (χ4v) is 9.03. The van der Waals surface area contributed by atoms with Gasteiger partial charge in [0.15, 0.2) is 0 Å². The number of nitrogens with zero attached hydrogens (tertiary/aromatic N) is 2. The van der Waals surface area contributed by atoms with Gasteiger partial charge in [0.05, 0.1) is 0 Å². The van der Waals surface area contributed by atoms with Gasteiger partial charge in [0.1, 0.15) is 0 Å². The Bertz CT molecular complexity index is 3000. The molecule has 69 heavy (non-hydrogen) atoms. The molecule has 0 bridgehead atoms. The molecule has 0 aliphatic rings. The van der Waals surface area contributed by atoms with Crippen molar-refractivity contribution in [1.29, 1.82) is 0 Å². The van der Waals surface area contributed by atoms with Crippen molar-refractivity contribution in [2.24, 2.45) is 0 Å². The molecular formula is C64H63Cl3N2. The molecule has 0 aromatic heterocycles. The van der Waals surface area contributed by atoms with E-state index in [9.17, 15) is 0 Å². The maximum absolute atomic E-state index is 6.05. The summed E-state index contributed by atoms with van der Waals surface area (Å²) in [6.07, 6.45) is 0. The fourth-order valence-electron chi connectivity index (χ4n) is 8.54. The molecule has 0 atom stereocenters. The van der Waals surface area contributed by atoms with Crippen molar-refractivity contribution in [3.8, 4) is 22.3 Å². The van der Waals surface area contributed by atoms with E-state index in [2.05, 4.69) is 187 Å². The van der Waals surface area contributed by atoms with E-state index in [4.69, 9.17) is 34.8 Å². The largest absolute Gasteiger partial charge is 0.310 e. The van der Waals surface area contributed by atoms with Crippen LogP contribution in [0.1, 0.15) is 57.5 Å². The first-order chi connectivity index (χ1) is 32.6. The average molecular weight is 967 g/mol. The molecule has 0 aliphatic heterocycles. The highest BCUT2D eigenvalue weighted by Gasteiger charge is 2.20. The Kier molecular flexibility index (Phi) is 17.8. The fraction of sp³-hybridized carbons (Fsp3) is 0.156. The van der Waals surface area contributed by atoms with Crippen LogP contribution in [0.3, 0.4) is 0 Å². The van der Waals surface area contributed by atoms with Gasteiger partial charge in [0, 0.05) is 49.2 Å². The van der Waals surface area contributed by atoms with E-state index < -0.39 is 0 Å². The maximum Gasteiger partial charge on any atom is 0.0491 e. The number of halogens is 3. The summed E-state index contributed by atoms with van der Waals surface area (Å²) in [6, 6.07) is 67.8. The van der Waals surface area contributed by atoms with Crippen molar-refractivity contribution in [2.45, 2.75) is 69.7 Å². The lowest BCUT2D eigenvalue weighted by Gasteiger charge is -2.30. The summed E-state index contributed by atoms with van der Waals surface area (Å²) in [5.41, 5.74) is 23.2. The van der Waals surface area contributed by atoms with Crippen molar-refractivity contribution in [2.75, 3.05) is 9.80 Å². The lowest BCUT2D eigenvalue weighted by atomic mass is 9.97. The van der Waals surface area contributed by atoms with Gasteiger partial charge in [-0.05, 0) is 209 Å². The van der Waals surface area contributed by atoms with Gasteiger partial charge in [0.25, 0.3) is 0 Å². The molecule has 5 heteroatoms. The molecule has 0 saturated heterocycles. The number of hydrogen-bond donors (Lipinski definition) is 0. The highest BCUT2D eigenvalue weighted by molar-refractivity contribution is 6.31. The molecule has 350 valence electrons. The zero-order valence-corrected chi connectivity index (χ0v) is 42.8. The van der Waals surface area contributed by atoms with Gasteiger partial charge in [-0.2, -0.15) is 0 Å². The lowest BCUT2D eigenvalue weighted by Crippen LogP contribution is -2.14. The van der Waals surface area contributed by atoms with Gasteiger partial charge in [0.2, 0.25) is 0 Å². The Morgan fingerprint density at radius 1 is 0.261 bits per heavy atom. The number of hydrogen-bond acceptors (Lipinski definition) is 2. The van der Waals surface area contributed by atoms with Crippen LogP contribution in [0.5, 0.6) is 0 Å². The second-order valence-corrected chi connectivity index (χ2v) is 19.1. The van der Waals surface area contributed by atoms with Gasteiger partial charge in [-0.1, -0.05) is 162 Å². The number of benzene rings is 9. The van der Waals surface area contributed by atoms with Crippen LogP contribution in [-0.4, -0.2) is 0 Å². The molecule has 0 radical (unpaired) electrons. The Balaban J connectivity index is 0.000000207. The second kappa shape index (κ2) is 23.6. The summed E-state index contributed by atoms with van der Waals surface area (Å²) in [6.45, 7) is 19.4. The molecule has 2 nitrogen and oxygen atoms in total. The Morgan fingerprint density at radius 2 is 0.580 bits per heavy atom. The van der Waals surface area contributed by atoms with Crippen molar-refractivity contribution in [3.63, 3.8) is 0 Å². The van der Waals surface area contributed by atoms with Gasteiger partial charge in [-0.3, -0.25) is 0 Å². The zero-order valence-electron chi connectivity index (χ0n) is 40.5. The lowest BCUT2D eigenvalue weighted by molar-refractivity contribution is 1.20. The Morgan fingerprint density at radius 3 is 0.913 bits per heavy atom. The van der Waals surface area contributed by atoms with Crippen LogP contribution in [0.4, 0.5) is 34.1 Å². The molecule has 0 unspecified atom stereocenters. The minimum absolute atomic E-state index is 0. The highest BCUT2D eigenvalue weighted by atomic mass is 35.5. The van der Waals surface area contributed by atoms with Crippen LogP contribution in [0.2, 0.25) is 15.1 Å². The molecule has 0 heterocycles. The maximum atomic E-state index is 6.05. The molecule has 0 N–H and O–H groups in total. The monoisotopic (exact) mass is 964 g/mol. The molecule has 0 aliphatic carbocycles. The molecule has 0 saturated carbocycles. The van der Waals surface area contributed by atoms with E-state index in [1.807, 2.05) is 79.7 Å². The first-order valence-electron chi connectivity index (χ1n) is 23.0. The standard InChI is InChI=1S/C36H35N.C20H17Cl2N.C7H7Cl.CH4/c1-24-9-7-11-30(20-24)32-14-17-35(28(5)22-32)37(34-16-13-26(3)19-27(34)4)36-18-15-33(23-29(36)6)31-12-8-10-25(2)21-31;1-14-3-12-20(15(2)13-14)23(18-8-4-16(21)5-9-18)19-10-6-17(22)7-11-19;1-6-3-2-4-7(8)5-6;/h7-23H,1-6H3;3-13H,1-2H3;2-5H,1H3;1H4. The Hall–Kier alpha value is -6.55. The van der Waals surface area contributed by atoms with Gasteiger partial charge in [-0.15, -0.1) is 0 Å². The van der Waals surface area contributed by atoms with E-state index in [0.717, 1.165) is 32.1 Å². The molecule has 9 rings (SSSR count). The van der Waals surface area contributed by atoms with Crippen molar-refractivity contribution in [1.82, 2.24) is 0 Å². The van der Waals surface area contributed by atoms with Gasteiger partial charge < -0.3 is 9.80 Å². The van der Waals surface area contributed by atoms with Crippen LogP contribution in [0.15, 0.2) is 194 Å². The summed E-state index contributed by atoms with van der Waals surface area (Å²) < 4.78 is 0. The molecule has 0 amide bonds. The molecule has 9 aromatic rings. The minimum Gasteiger partial charge on any atom is -0.310 e. The molecular weight excluding hydrogens is 903 g/mol. The number of rotatable bonds is 8. The van der Waals surface area contributed by atoms with E-state index in [1.165, 1.54) is 89.4 Å². The molecule has 0 spiro atoms. The van der Waals surface area contributed by atoms with Crippen molar-refractivity contribution < 1.29 is 0 Å². The summed E-state index contributed by atoms with van der Waals surface area (Å²) in [5, 5.41) is 2.26. The topological polar surface area (TPSA) is 6.48 Å². The van der Waals surface area contributed by atoms with E-state index >= 15 is 0 Å². The van der Waals surface area contributed by atoms with E-state index in [0.29, 0.717) is 0 Å². The van der Waals surface area contributed by atoms with Gasteiger partial charge in [-0.25, -0.2) is 0 Å². The van der Waals surface area contributed by atoms with Crippen LogP contribution < -0.4 is 9.80 Å². The highest BCUT2D eigenvalue weighted by Crippen LogP contribution is 2.43. The van der Waals surface area contributed by atoms with Gasteiger partial charge >= 0.3 is 0 Å². The average Bonchev–Trinajstić information content (AvgIpc) is 3.30. The van der Waals surface area contributed by atoms with Crippen LogP contribution in [0.25, 0.3) is 22.3 Å². The second-order valence-electron chi connectivity index (χ2n) is 17.7. The summed E-state index contributed by atoms with van der Waals surface area (Å²) in [7, 11) is 0. The third-order valence-electron chi connectivity index (χ3n) is 11.9. The van der Waals surface area contributed by atoms with Crippen molar-refractivity contribution >= 4 is 68.9 Å². The first kappa shape index (κ1) is 51.8. The van der Waals surface area contributed by atoms with Crippen LogP contribution >= 0.6 is 34.8 Å². The smallest absolute Gasteiger partial charge is 0.0491 e. The van der Waals surface area contributed by atoms with Crippen LogP contribution in [0, 0.1) is 62.3 Å². The Labute approximate surface area is 427 Å². The van der Waals surface area contributed by atoms with Crippen molar-refractivity contribution in [3.05, 3.63) is 259 Å². The van der Waals surface area contributed by atoms with E-state index in [-0.39, 0.29) is 7.43 Å². The molecule has 0 fully saturated rings. The third-order valence-corrected chi connectivity index (χ3v) is 12.7. The number of anilines is 6. The SMILES string of the molecule is C.Cc1ccc(N(c2ccc(Cl)cc2)c2ccc(Cl)cc2)c(C)c1.Cc1cccc(-c2ccc(N(c3ccc(C)cc3C)c3ccc(-c4cccc(C)c4)cc3C)c(C)c2)c1.Cc1cccc(Cl)c1. The van der Waals surface area contributed by atoms with Crippen LogP contribution in [-0.2, 0) is 0 Å².